The molecule has 1 atom stereocenters. The first-order chi connectivity index (χ1) is 8.19. The topological polar surface area (TPSA) is 35.5 Å². The van der Waals surface area contributed by atoms with E-state index in [9.17, 15) is 4.79 Å². The third kappa shape index (κ3) is 1.87. The highest BCUT2D eigenvalue weighted by Gasteiger charge is 2.42. The lowest BCUT2D eigenvalue weighted by atomic mass is 9.84. The van der Waals surface area contributed by atoms with Crippen LogP contribution in [0.3, 0.4) is 0 Å². The van der Waals surface area contributed by atoms with Crippen molar-refractivity contribution < 1.29 is 14.3 Å². The van der Waals surface area contributed by atoms with Crippen molar-refractivity contribution in [3.63, 3.8) is 0 Å². The van der Waals surface area contributed by atoms with Gasteiger partial charge in [-0.25, -0.2) is 0 Å². The lowest BCUT2D eigenvalue weighted by Crippen LogP contribution is -2.48. The fraction of sp³-hybridized carbons (Fsp3) is 0.462. The zero-order chi connectivity index (χ0) is 11.9. The van der Waals surface area contributed by atoms with E-state index < -0.39 is 5.60 Å². The number of ketones is 1. The van der Waals surface area contributed by atoms with Crippen LogP contribution in [0.15, 0.2) is 18.2 Å². The van der Waals surface area contributed by atoms with Crippen molar-refractivity contribution in [2.24, 2.45) is 0 Å². The molecule has 0 saturated carbocycles. The number of hydrogen-bond donors (Lipinski definition) is 0. The van der Waals surface area contributed by atoms with Gasteiger partial charge in [-0.05, 0) is 18.9 Å². The molecule has 1 aromatic rings. The van der Waals surface area contributed by atoms with E-state index in [0.29, 0.717) is 13.0 Å². The molecule has 0 radical (unpaired) electrons. The Morgan fingerprint density at radius 3 is 3.00 bits per heavy atom. The van der Waals surface area contributed by atoms with Crippen LogP contribution in [-0.2, 0) is 4.74 Å². The van der Waals surface area contributed by atoms with Crippen molar-refractivity contribution in [3.8, 4) is 5.75 Å². The highest BCUT2D eigenvalue weighted by atomic mass is 16.5. The molecule has 0 bridgehead atoms. The first-order valence-electron chi connectivity index (χ1n) is 6.09. The highest BCUT2D eigenvalue weighted by Crippen LogP contribution is 2.37. The second-order valence-electron chi connectivity index (χ2n) is 5.04. The average molecular weight is 230 g/mol. The smallest absolute Gasteiger partial charge is 0.170 e. The van der Waals surface area contributed by atoms with Crippen LogP contribution in [0.25, 0.3) is 0 Å². The normalized spacial score (nSPS) is 27.6. The standard InChI is InChI=1S/C13H15BO3/c14-9-2-3-12-10(6-9)11(15)7-13(17-12)4-1-5-16-8-13/h2-3,6H,1,4-5,7-8,14H2. The lowest BCUT2D eigenvalue weighted by Gasteiger charge is -2.40. The van der Waals surface area contributed by atoms with Crippen LogP contribution in [0.5, 0.6) is 5.75 Å². The van der Waals surface area contributed by atoms with Crippen LogP contribution < -0.4 is 10.2 Å². The van der Waals surface area contributed by atoms with Gasteiger partial charge >= 0.3 is 0 Å². The van der Waals surface area contributed by atoms with Gasteiger partial charge in [0.15, 0.2) is 5.78 Å². The summed E-state index contributed by atoms with van der Waals surface area (Å²) in [5.74, 6) is 0.901. The third-order valence-electron chi connectivity index (χ3n) is 3.53. The summed E-state index contributed by atoms with van der Waals surface area (Å²) in [6.07, 6.45) is 2.32. The largest absolute Gasteiger partial charge is 0.484 e. The minimum Gasteiger partial charge on any atom is -0.484 e. The Morgan fingerprint density at radius 2 is 2.24 bits per heavy atom. The van der Waals surface area contributed by atoms with Gasteiger partial charge in [-0.2, -0.15) is 0 Å². The van der Waals surface area contributed by atoms with E-state index in [0.717, 1.165) is 36.2 Å². The number of carbonyl (C=O) groups is 1. The molecule has 17 heavy (non-hydrogen) atoms. The van der Waals surface area contributed by atoms with Gasteiger partial charge in [-0.1, -0.05) is 17.6 Å². The second kappa shape index (κ2) is 3.88. The number of benzene rings is 1. The molecule has 1 fully saturated rings. The van der Waals surface area contributed by atoms with Gasteiger partial charge in [0, 0.05) is 6.61 Å². The number of Topliss-reactive ketones (excluding diaryl/α,β-unsaturated/α-hetero) is 1. The predicted octanol–water partition coefficient (Wildman–Crippen LogP) is 0.459. The summed E-state index contributed by atoms with van der Waals surface area (Å²) in [5, 5.41) is 0. The Balaban J connectivity index is 1.97. The molecule has 2 heterocycles. The van der Waals surface area contributed by atoms with E-state index >= 15 is 0 Å². The molecule has 0 aromatic heterocycles. The summed E-state index contributed by atoms with van der Waals surface area (Å²) in [7, 11) is 1.99. The van der Waals surface area contributed by atoms with Crippen molar-refractivity contribution in [1.82, 2.24) is 0 Å². The van der Waals surface area contributed by atoms with Crippen LogP contribution >= 0.6 is 0 Å². The summed E-state index contributed by atoms with van der Waals surface area (Å²) in [5.41, 5.74) is 1.41. The maximum absolute atomic E-state index is 12.2. The second-order valence-corrected chi connectivity index (χ2v) is 5.04. The van der Waals surface area contributed by atoms with Gasteiger partial charge in [-0.15, -0.1) is 0 Å². The van der Waals surface area contributed by atoms with Crippen molar-refractivity contribution in [2.45, 2.75) is 24.9 Å². The number of hydrogen-bond acceptors (Lipinski definition) is 3. The molecule has 1 unspecified atom stereocenters. The Labute approximate surface area is 102 Å². The first-order valence-corrected chi connectivity index (χ1v) is 6.09. The van der Waals surface area contributed by atoms with E-state index in [1.54, 1.807) is 0 Å². The molecular weight excluding hydrogens is 215 g/mol. The maximum Gasteiger partial charge on any atom is 0.170 e. The van der Waals surface area contributed by atoms with E-state index in [1.807, 2.05) is 26.0 Å². The van der Waals surface area contributed by atoms with Crippen LogP contribution in [0.4, 0.5) is 0 Å². The van der Waals surface area contributed by atoms with Gasteiger partial charge in [0.2, 0.25) is 0 Å². The summed E-state index contributed by atoms with van der Waals surface area (Å²) < 4.78 is 11.5. The Morgan fingerprint density at radius 1 is 1.35 bits per heavy atom. The van der Waals surface area contributed by atoms with E-state index in [1.165, 1.54) is 0 Å². The van der Waals surface area contributed by atoms with Crippen molar-refractivity contribution in [1.29, 1.82) is 0 Å². The van der Waals surface area contributed by atoms with Crippen LogP contribution in [0.1, 0.15) is 29.6 Å². The first kappa shape index (κ1) is 10.8. The van der Waals surface area contributed by atoms with Gasteiger partial charge < -0.3 is 9.47 Å². The molecular formula is C13H15BO3. The molecule has 3 nitrogen and oxygen atoms in total. The predicted molar refractivity (Wildman–Crippen MR) is 67.0 cm³/mol. The molecule has 1 aromatic carbocycles. The van der Waals surface area contributed by atoms with Gasteiger partial charge in [-0.3, -0.25) is 4.79 Å². The van der Waals surface area contributed by atoms with Crippen LogP contribution in [0, 0.1) is 0 Å². The summed E-state index contributed by atoms with van der Waals surface area (Å²) >= 11 is 0. The summed E-state index contributed by atoms with van der Waals surface area (Å²) in [6, 6.07) is 5.79. The van der Waals surface area contributed by atoms with Gasteiger partial charge in [0.25, 0.3) is 0 Å². The Hall–Kier alpha value is -1.29. The molecule has 0 N–H and O–H groups in total. The zero-order valence-corrected chi connectivity index (χ0v) is 9.99. The molecule has 1 spiro atoms. The van der Waals surface area contributed by atoms with E-state index in [-0.39, 0.29) is 5.78 Å². The molecule has 2 aliphatic rings. The van der Waals surface area contributed by atoms with Crippen LogP contribution in [-0.4, -0.2) is 32.4 Å². The monoisotopic (exact) mass is 230 g/mol. The summed E-state index contributed by atoms with van der Waals surface area (Å²) in [4.78, 5) is 12.2. The molecule has 3 rings (SSSR count). The quantitative estimate of drug-likeness (QED) is 0.607. The lowest BCUT2D eigenvalue weighted by molar-refractivity contribution is -0.0715. The zero-order valence-electron chi connectivity index (χ0n) is 9.99. The third-order valence-corrected chi connectivity index (χ3v) is 3.53. The Bertz CT molecular complexity index is 464. The fourth-order valence-corrected chi connectivity index (χ4v) is 2.65. The van der Waals surface area contributed by atoms with Crippen molar-refractivity contribution in [3.05, 3.63) is 23.8 Å². The van der Waals surface area contributed by atoms with Gasteiger partial charge in [0.05, 0.1) is 18.6 Å². The van der Waals surface area contributed by atoms with E-state index in [2.05, 4.69) is 0 Å². The molecule has 2 aliphatic heterocycles. The molecule has 1 saturated heterocycles. The SMILES string of the molecule is Bc1ccc2c(c1)C(=O)CC1(CCCOC1)O2. The number of carbonyl (C=O) groups excluding carboxylic acids is 1. The molecule has 88 valence electrons. The highest BCUT2D eigenvalue weighted by molar-refractivity contribution is 6.32. The minimum atomic E-state index is -0.405. The minimum absolute atomic E-state index is 0.181. The number of rotatable bonds is 0. The maximum atomic E-state index is 12.2. The van der Waals surface area contributed by atoms with Crippen LogP contribution in [0.2, 0.25) is 0 Å². The summed E-state index contributed by atoms with van der Waals surface area (Å²) in [6.45, 7) is 1.31. The molecule has 0 aliphatic carbocycles. The fourth-order valence-electron chi connectivity index (χ4n) is 2.65. The Kier molecular flexibility index (Phi) is 2.47. The van der Waals surface area contributed by atoms with Gasteiger partial charge in [0.1, 0.15) is 19.2 Å². The molecule has 0 amide bonds. The van der Waals surface area contributed by atoms with E-state index in [4.69, 9.17) is 9.47 Å². The van der Waals surface area contributed by atoms with Crippen molar-refractivity contribution in [2.75, 3.05) is 13.2 Å². The number of fused-ring (bicyclic) bond motifs is 1. The molecule has 4 heteroatoms. The van der Waals surface area contributed by atoms with Crippen molar-refractivity contribution >= 4 is 19.1 Å². The average Bonchev–Trinajstić information content (AvgIpc) is 2.31. The number of ether oxygens (including phenoxy) is 2.